The van der Waals surface area contributed by atoms with E-state index in [2.05, 4.69) is 17.3 Å². The number of hydrogen-bond donors (Lipinski definition) is 3. The minimum atomic E-state index is -1.67. The first-order valence-corrected chi connectivity index (χ1v) is 10.4. The number of rotatable bonds is 4. The Kier molecular flexibility index (Phi) is 5.49. The molecular formula is C24H18N5OS+. The number of thiophene rings is 1. The van der Waals surface area contributed by atoms with Crippen LogP contribution in [0.25, 0.3) is 0 Å². The van der Waals surface area contributed by atoms with Crippen molar-refractivity contribution < 1.29 is 9.67 Å². The van der Waals surface area contributed by atoms with Gasteiger partial charge in [-0.25, -0.2) is 0 Å². The van der Waals surface area contributed by atoms with Crippen LogP contribution in [0.4, 0.5) is 0 Å². The lowest BCUT2D eigenvalue weighted by Crippen LogP contribution is -2.62. The zero-order chi connectivity index (χ0) is 21.8. The largest absolute Gasteiger partial charge is 0.362 e. The Hall–Kier alpha value is -4.00. The van der Waals surface area contributed by atoms with E-state index in [0.717, 1.165) is 4.88 Å². The fourth-order valence-electron chi connectivity index (χ4n) is 4.04. The van der Waals surface area contributed by atoms with Crippen LogP contribution >= 0.6 is 11.3 Å². The molecule has 1 aliphatic rings. The molecule has 0 amide bonds. The van der Waals surface area contributed by atoms with Crippen molar-refractivity contribution in [2.24, 2.45) is 0 Å². The van der Waals surface area contributed by atoms with Crippen molar-refractivity contribution in [2.75, 3.05) is 0 Å². The van der Waals surface area contributed by atoms with Gasteiger partial charge in [-0.15, -0.1) is 11.3 Å². The highest BCUT2D eigenvalue weighted by Crippen LogP contribution is 2.48. The molecule has 4 rings (SSSR count). The molecule has 31 heavy (non-hydrogen) atoms. The second-order valence-electron chi connectivity index (χ2n) is 7.03. The third kappa shape index (κ3) is 3.44. The topological polar surface area (TPSA) is 108 Å². The average Bonchev–Trinajstić information content (AvgIpc) is 3.35. The van der Waals surface area contributed by atoms with E-state index in [9.17, 15) is 15.6 Å². The van der Waals surface area contributed by atoms with Crippen LogP contribution in [0, 0.1) is 28.1 Å². The molecule has 0 spiro atoms. The van der Waals surface area contributed by atoms with Crippen LogP contribution < -0.4 is 9.88 Å². The summed E-state index contributed by atoms with van der Waals surface area (Å²) >= 11 is 1.47. The third-order valence-corrected chi connectivity index (χ3v) is 6.33. The Labute approximate surface area is 183 Å². The minimum Gasteiger partial charge on any atom is -0.362 e. The molecule has 3 atom stereocenters. The summed E-state index contributed by atoms with van der Waals surface area (Å²) in [5.74, 6) is 1.56. The number of nitrogens with one attached hydrogen (secondary N) is 2. The first-order chi connectivity index (χ1) is 15.1. The Morgan fingerprint density at radius 2 is 1.77 bits per heavy atom. The first-order valence-electron chi connectivity index (χ1n) is 9.53. The van der Waals surface area contributed by atoms with Gasteiger partial charge in [-0.2, -0.15) is 15.1 Å². The molecule has 3 aromatic rings. The number of nitriles is 2. The summed E-state index contributed by atoms with van der Waals surface area (Å²) in [4.78, 5) is 0.869. The molecule has 150 valence electrons. The van der Waals surface area contributed by atoms with Crippen LogP contribution in [0.5, 0.6) is 0 Å². The summed E-state index contributed by atoms with van der Waals surface area (Å²) in [7, 11) is 0. The molecule has 0 unspecified atom stereocenters. The van der Waals surface area contributed by atoms with Crippen molar-refractivity contribution in [2.45, 2.75) is 17.7 Å². The molecule has 0 fully saturated rings. The van der Waals surface area contributed by atoms with E-state index < -0.39 is 17.7 Å². The van der Waals surface area contributed by atoms with Gasteiger partial charge >= 0.3 is 0 Å². The number of nitrogens with zero attached hydrogens (tertiary/aromatic N) is 3. The first kappa shape index (κ1) is 20.3. The van der Waals surface area contributed by atoms with Crippen LogP contribution in [0.1, 0.15) is 22.4 Å². The molecule has 0 bridgehead atoms. The SMILES string of the molecule is N#CC(=C=N)C1=C(C#N)[C@@H](c2cccs2)[C@@H]([n+]2ccccc2)[C@](O)(c2ccccc2)N1. The lowest BCUT2D eigenvalue weighted by atomic mass is 9.75. The number of allylic oxidation sites excluding steroid dienone is 2. The summed E-state index contributed by atoms with van der Waals surface area (Å²) in [6.07, 6.45) is 3.69. The lowest BCUT2D eigenvalue weighted by Gasteiger charge is -2.42. The summed E-state index contributed by atoms with van der Waals surface area (Å²) in [5, 5.41) is 44.4. The van der Waals surface area contributed by atoms with E-state index >= 15 is 0 Å². The van der Waals surface area contributed by atoms with Gasteiger partial charge in [-0.05, 0) is 17.3 Å². The van der Waals surface area contributed by atoms with E-state index in [0.29, 0.717) is 5.56 Å². The maximum atomic E-state index is 12.2. The summed E-state index contributed by atoms with van der Waals surface area (Å²) in [6, 6.07) is 22.0. The van der Waals surface area contributed by atoms with Crippen LogP contribution in [0.15, 0.2) is 95.3 Å². The van der Waals surface area contributed by atoms with Gasteiger partial charge < -0.3 is 10.4 Å². The van der Waals surface area contributed by atoms with Crippen LogP contribution in [-0.2, 0) is 5.72 Å². The third-order valence-electron chi connectivity index (χ3n) is 5.37. The Bertz CT molecular complexity index is 1250. The van der Waals surface area contributed by atoms with Crippen molar-refractivity contribution in [1.29, 1.82) is 15.9 Å². The molecule has 7 heteroatoms. The van der Waals surface area contributed by atoms with Gasteiger partial charge in [0.1, 0.15) is 11.6 Å². The molecule has 0 saturated carbocycles. The minimum absolute atomic E-state index is 0.123. The van der Waals surface area contributed by atoms with E-state index in [1.807, 2.05) is 76.9 Å². The lowest BCUT2D eigenvalue weighted by molar-refractivity contribution is -0.743. The van der Waals surface area contributed by atoms with Crippen LogP contribution in [0.2, 0.25) is 0 Å². The van der Waals surface area contributed by atoms with Crippen molar-refractivity contribution >= 4 is 17.2 Å². The molecule has 6 nitrogen and oxygen atoms in total. The van der Waals surface area contributed by atoms with Gasteiger partial charge in [-0.3, -0.25) is 5.41 Å². The van der Waals surface area contributed by atoms with Crippen molar-refractivity contribution in [3.8, 4) is 12.1 Å². The van der Waals surface area contributed by atoms with Gasteiger partial charge in [0.05, 0.1) is 23.3 Å². The van der Waals surface area contributed by atoms with Gasteiger partial charge in [-0.1, -0.05) is 42.5 Å². The highest BCUT2D eigenvalue weighted by Gasteiger charge is 2.56. The van der Waals surface area contributed by atoms with E-state index in [-0.39, 0.29) is 16.8 Å². The standard InChI is InChI=1S/C24H18N5OS/c25-14-17(15-26)22-19(16-27)21(20-10-7-13-31-20)23(29-11-5-2-6-12-29)24(30,28-22)18-8-3-1-4-9-18/h1-13,21,23,25,28,30H/q+1/t21-,23+,24+/m0/s1. The predicted molar refractivity (Wildman–Crippen MR) is 116 cm³/mol. The molecule has 3 heterocycles. The van der Waals surface area contributed by atoms with Crippen molar-refractivity contribution in [3.05, 3.63) is 106 Å². The highest BCUT2D eigenvalue weighted by molar-refractivity contribution is 7.10. The number of hydrogen-bond acceptors (Lipinski definition) is 6. The molecular weight excluding hydrogens is 406 g/mol. The average molecular weight is 425 g/mol. The molecule has 0 aliphatic carbocycles. The van der Waals surface area contributed by atoms with E-state index in [1.54, 1.807) is 12.1 Å². The number of benzene rings is 1. The monoisotopic (exact) mass is 424 g/mol. The Morgan fingerprint density at radius 3 is 2.35 bits per heavy atom. The van der Waals surface area contributed by atoms with E-state index in [1.165, 1.54) is 11.3 Å². The second kappa shape index (κ2) is 8.39. The molecule has 3 N–H and O–H groups in total. The summed E-state index contributed by atoms with van der Waals surface area (Å²) in [5.41, 5.74) is -0.826. The summed E-state index contributed by atoms with van der Waals surface area (Å²) in [6.45, 7) is 0. The maximum Gasteiger partial charge on any atom is 0.227 e. The molecule has 0 radical (unpaired) electrons. The van der Waals surface area contributed by atoms with Crippen molar-refractivity contribution in [3.63, 3.8) is 0 Å². The van der Waals surface area contributed by atoms with Crippen molar-refractivity contribution in [1.82, 2.24) is 5.32 Å². The second-order valence-corrected chi connectivity index (χ2v) is 8.01. The molecule has 2 aromatic heterocycles. The van der Waals surface area contributed by atoms with Crippen LogP contribution in [0.3, 0.4) is 0 Å². The van der Waals surface area contributed by atoms with Gasteiger partial charge in [0.25, 0.3) is 0 Å². The molecule has 0 saturated heterocycles. The highest BCUT2D eigenvalue weighted by atomic mass is 32.1. The van der Waals surface area contributed by atoms with Gasteiger partial charge in [0.15, 0.2) is 12.4 Å². The molecule has 1 aromatic carbocycles. The van der Waals surface area contributed by atoms with Crippen LogP contribution in [-0.4, -0.2) is 11.0 Å². The number of aromatic nitrogens is 1. The Morgan fingerprint density at radius 1 is 1.06 bits per heavy atom. The van der Waals surface area contributed by atoms with E-state index in [4.69, 9.17) is 5.41 Å². The maximum absolute atomic E-state index is 12.2. The number of pyridine rings is 1. The smallest absolute Gasteiger partial charge is 0.227 e. The normalized spacial score (nSPS) is 22.5. The summed E-state index contributed by atoms with van der Waals surface area (Å²) < 4.78 is 1.87. The zero-order valence-corrected chi connectivity index (χ0v) is 17.2. The Balaban J connectivity index is 2.09. The fourth-order valence-corrected chi connectivity index (χ4v) is 4.91. The zero-order valence-electron chi connectivity index (χ0n) is 16.4. The van der Waals surface area contributed by atoms with Gasteiger partial charge in [0, 0.05) is 22.6 Å². The number of aliphatic hydroxyl groups is 1. The quantitative estimate of drug-likeness (QED) is 0.339. The fraction of sp³-hybridized carbons (Fsp3) is 0.125. The van der Waals surface area contributed by atoms with Gasteiger partial charge in [0.2, 0.25) is 11.8 Å². The molecule has 1 aliphatic heterocycles. The predicted octanol–water partition coefficient (Wildman–Crippen LogP) is 3.29.